The molecule has 1 unspecified atom stereocenters. The van der Waals surface area contributed by atoms with E-state index in [1.54, 1.807) is 0 Å². The fourth-order valence-electron chi connectivity index (χ4n) is 2.13. The van der Waals surface area contributed by atoms with Gasteiger partial charge in [-0.25, -0.2) is 0 Å². The lowest BCUT2D eigenvalue weighted by atomic mass is 10.1. The number of ether oxygens (including phenoxy) is 1. The lowest BCUT2D eigenvalue weighted by Gasteiger charge is -2.10. The van der Waals surface area contributed by atoms with E-state index in [1.165, 1.54) is 45.1 Å². The molecule has 2 nitrogen and oxygen atoms in total. The Morgan fingerprint density at radius 1 is 1.27 bits per heavy atom. The quantitative estimate of drug-likeness (QED) is 0.626. The van der Waals surface area contributed by atoms with Crippen molar-refractivity contribution in [2.45, 2.75) is 58.4 Å². The van der Waals surface area contributed by atoms with Crippen LogP contribution >= 0.6 is 0 Å². The minimum Gasteiger partial charge on any atom is -0.381 e. The van der Waals surface area contributed by atoms with Gasteiger partial charge in [0.05, 0.1) is 0 Å². The van der Waals surface area contributed by atoms with E-state index in [0.717, 1.165) is 25.2 Å². The lowest BCUT2D eigenvalue weighted by Crippen LogP contribution is -2.21. The Balaban J connectivity index is 1.76. The average Bonchev–Trinajstić information content (AvgIpc) is 2.68. The largest absolute Gasteiger partial charge is 0.381 e. The average molecular weight is 213 g/mol. The zero-order valence-electron chi connectivity index (χ0n) is 10.4. The third-order valence-electron chi connectivity index (χ3n) is 3.07. The van der Waals surface area contributed by atoms with Crippen molar-refractivity contribution in [3.63, 3.8) is 0 Å². The number of hydrogen-bond donors (Lipinski definition) is 1. The molecule has 1 aliphatic rings. The SMILES string of the molecule is CC(C)CCCOCCCC1CCCN1. The third-order valence-corrected chi connectivity index (χ3v) is 3.07. The first-order chi connectivity index (χ1) is 7.29. The molecule has 1 heterocycles. The van der Waals surface area contributed by atoms with Gasteiger partial charge in [-0.3, -0.25) is 0 Å². The molecule has 15 heavy (non-hydrogen) atoms. The molecule has 0 aliphatic carbocycles. The molecular weight excluding hydrogens is 186 g/mol. The monoisotopic (exact) mass is 213 g/mol. The first-order valence-corrected chi connectivity index (χ1v) is 6.60. The maximum Gasteiger partial charge on any atom is 0.0466 e. The summed E-state index contributed by atoms with van der Waals surface area (Å²) in [6.07, 6.45) is 7.76. The molecule has 1 saturated heterocycles. The Morgan fingerprint density at radius 2 is 2.07 bits per heavy atom. The minimum atomic E-state index is 0.782. The molecule has 0 aromatic rings. The smallest absolute Gasteiger partial charge is 0.0466 e. The maximum absolute atomic E-state index is 5.62. The highest BCUT2D eigenvalue weighted by Crippen LogP contribution is 2.10. The van der Waals surface area contributed by atoms with Crippen molar-refractivity contribution in [2.24, 2.45) is 5.92 Å². The van der Waals surface area contributed by atoms with Gasteiger partial charge in [-0.1, -0.05) is 13.8 Å². The Labute approximate surface area is 94.8 Å². The van der Waals surface area contributed by atoms with Crippen LogP contribution in [0.3, 0.4) is 0 Å². The fraction of sp³-hybridized carbons (Fsp3) is 1.00. The first kappa shape index (κ1) is 13.0. The van der Waals surface area contributed by atoms with Gasteiger partial charge < -0.3 is 10.1 Å². The van der Waals surface area contributed by atoms with E-state index in [9.17, 15) is 0 Å². The van der Waals surface area contributed by atoms with Crippen LogP contribution < -0.4 is 5.32 Å². The van der Waals surface area contributed by atoms with Crippen molar-refractivity contribution in [1.82, 2.24) is 5.32 Å². The van der Waals surface area contributed by atoms with Gasteiger partial charge in [-0.15, -0.1) is 0 Å². The van der Waals surface area contributed by atoms with E-state index < -0.39 is 0 Å². The molecule has 0 aromatic heterocycles. The van der Waals surface area contributed by atoms with Gasteiger partial charge in [0.2, 0.25) is 0 Å². The zero-order valence-corrected chi connectivity index (χ0v) is 10.4. The van der Waals surface area contributed by atoms with Crippen LogP contribution in [-0.4, -0.2) is 25.8 Å². The molecule has 0 saturated carbocycles. The number of nitrogens with one attached hydrogen (secondary N) is 1. The second-order valence-corrected chi connectivity index (χ2v) is 5.08. The molecule has 2 heteroatoms. The number of rotatable bonds is 8. The van der Waals surface area contributed by atoms with Crippen LogP contribution in [0.1, 0.15) is 52.4 Å². The summed E-state index contributed by atoms with van der Waals surface area (Å²) in [4.78, 5) is 0. The summed E-state index contributed by atoms with van der Waals surface area (Å²) in [6.45, 7) is 7.67. The standard InChI is InChI=1S/C13H27NO/c1-12(2)6-4-10-15-11-5-8-13-7-3-9-14-13/h12-14H,3-11H2,1-2H3. The van der Waals surface area contributed by atoms with Gasteiger partial charge in [0, 0.05) is 19.3 Å². The summed E-state index contributed by atoms with van der Waals surface area (Å²) < 4.78 is 5.62. The highest BCUT2D eigenvalue weighted by atomic mass is 16.5. The molecule has 1 N–H and O–H groups in total. The van der Waals surface area contributed by atoms with Crippen LogP contribution in [0.25, 0.3) is 0 Å². The van der Waals surface area contributed by atoms with E-state index in [1.807, 2.05) is 0 Å². The highest BCUT2D eigenvalue weighted by molar-refractivity contribution is 4.73. The molecule has 1 aliphatic heterocycles. The van der Waals surface area contributed by atoms with Crippen LogP contribution in [0.5, 0.6) is 0 Å². The van der Waals surface area contributed by atoms with Gasteiger partial charge in [0.15, 0.2) is 0 Å². The Hall–Kier alpha value is -0.0800. The second kappa shape index (κ2) is 8.12. The van der Waals surface area contributed by atoms with Crippen molar-refractivity contribution in [3.8, 4) is 0 Å². The topological polar surface area (TPSA) is 21.3 Å². The summed E-state index contributed by atoms with van der Waals surface area (Å²) in [7, 11) is 0. The maximum atomic E-state index is 5.62. The molecule has 1 atom stereocenters. The first-order valence-electron chi connectivity index (χ1n) is 6.60. The van der Waals surface area contributed by atoms with E-state index >= 15 is 0 Å². The van der Waals surface area contributed by atoms with E-state index in [2.05, 4.69) is 19.2 Å². The molecule has 1 fully saturated rings. The van der Waals surface area contributed by atoms with Crippen molar-refractivity contribution >= 4 is 0 Å². The van der Waals surface area contributed by atoms with Crippen LogP contribution in [-0.2, 0) is 4.74 Å². The molecule has 90 valence electrons. The van der Waals surface area contributed by atoms with Crippen LogP contribution in [0.4, 0.5) is 0 Å². The number of hydrogen-bond acceptors (Lipinski definition) is 2. The van der Waals surface area contributed by atoms with Crippen molar-refractivity contribution in [1.29, 1.82) is 0 Å². The normalized spacial score (nSPS) is 21.4. The van der Waals surface area contributed by atoms with Crippen molar-refractivity contribution in [3.05, 3.63) is 0 Å². The Bertz CT molecular complexity index is 141. The summed E-state index contributed by atoms with van der Waals surface area (Å²) in [5.74, 6) is 0.816. The van der Waals surface area contributed by atoms with Crippen molar-refractivity contribution in [2.75, 3.05) is 19.8 Å². The van der Waals surface area contributed by atoms with Crippen LogP contribution in [0, 0.1) is 5.92 Å². The molecule has 0 bridgehead atoms. The van der Waals surface area contributed by atoms with Gasteiger partial charge >= 0.3 is 0 Å². The van der Waals surface area contributed by atoms with Crippen LogP contribution in [0.2, 0.25) is 0 Å². The Kier molecular flexibility index (Phi) is 7.03. The lowest BCUT2D eigenvalue weighted by molar-refractivity contribution is 0.122. The van der Waals surface area contributed by atoms with Gasteiger partial charge in [0.25, 0.3) is 0 Å². The molecule has 1 rings (SSSR count). The summed E-state index contributed by atoms with van der Waals surface area (Å²) in [6, 6.07) is 0.782. The molecular formula is C13H27NO. The highest BCUT2D eigenvalue weighted by Gasteiger charge is 2.12. The van der Waals surface area contributed by atoms with E-state index in [4.69, 9.17) is 4.74 Å². The van der Waals surface area contributed by atoms with Gasteiger partial charge in [0.1, 0.15) is 0 Å². The summed E-state index contributed by atoms with van der Waals surface area (Å²) in [5, 5.41) is 3.52. The second-order valence-electron chi connectivity index (χ2n) is 5.08. The summed E-state index contributed by atoms with van der Waals surface area (Å²) >= 11 is 0. The molecule has 0 aromatic carbocycles. The van der Waals surface area contributed by atoms with E-state index in [0.29, 0.717) is 0 Å². The van der Waals surface area contributed by atoms with Gasteiger partial charge in [-0.2, -0.15) is 0 Å². The van der Waals surface area contributed by atoms with Crippen LogP contribution in [0.15, 0.2) is 0 Å². The Morgan fingerprint density at radius 3 is 2.73 bits per heavy atom. The van der Waals surface area contributed by atoms with Crippen molar-refractivity contribution < 1.29 is 4.74 Å². The minimum absolute atomic E-state index is 0.782. The van der Waals surface area contributed by atoms with Gasteiger partial charge in [-0.05, 0) is 51.0 Å². The fourth-order valence-corrected chi connectivity index (χ4v) is 2.13. The molecule has 0 spiro atoms. The zero-order chi connectivity index (χ0) is 10.9. The molecule has 0 amide bonds. The predicted molar refractivity (Wildman–Crippen MR) is 65.1 cm³/mol. The third kappa shape index (κ3) is 6.91. The molecule has 0 radical (unpaired) electrons. The van der Waals surface area contributed by atoms with E-state index in [-0.39, 0.29) is 0 Å². The predicted octanol–water partition coefficient (Wildman–Crippen LogP) is 2.97. The summed E-state index contributed by atoms with van der Waals surface area (Å²) in [5.41, 5.74) is 0.